The lowest BCUT2D eigenvalue weighted by Gasteiger charge is -2.23. The van der Waals surface area contributed by atoms with Crippen LogP contribution in [0.2, 0.25) is 0 Å². The van der Waals surface area contributed by atoms with Gasteiger partial charge < -0.3 is 9.47 Å². The van der Waals surface area contributed by atoms with E-state index in [-0.39, 0.29) is 22.6 Å². The lowest BCUT2D eigenvalue weighted by molar-refractivity contribution is 0.0846. The molecular weight excluding hydrogens is 470 g/mol. The lowest BCUT2D eigenvalue weighted by atomic mass is 10.2. The summed E-state index contributed by atoms with van der Waals surface area (Å²) in [7, 11) is -2.45. The summed E-state index contributed by atoms with van der Waals surface area (Å²) in [4.78, 5) is 25.1. The Balaban J connectivity index is 1.74. The van der Waals surface area contributed by atoms with E-state index in [0.29, 0.717) is 23.8 Å². The number of amides is 2. The SMILES string of the molecule is CCOc1ccc(C(=O)NNC(=O)c2cccc(S(=O)(=O)N(CC)c3ccccc3)c2)cc1OC. The normalized spacial score (nSPS) is 10.8. The van der Waals surface area contributed by atoms with Crippen LogP contribution in [0.4, 0.5) is 5.69 Å². The fraction of sp³-hybridized carbons (Fsp3) is 0.200. The third-order valence-corrected chi connectivity index (χ3v) is 6.93. The van der Waals surface area contributed by atoms with Gasteiger partial charge in [-0.3, -0.25) is 24.7 Å². The van der Waals surface area contributed by atoms with E-state index in [0.717, 1.165) is 0 Å². The second-order valence-corrected chi connectivity index (χ2v) is 9.10. The Kier molecular flexibility index (Phi) is 8.32. The van der Waals surface area contributed by atoms with Gasteiger partial charge in [-0.25, -0.2) is 8.42 Å². The van der Waals surface area contributed by atoms with E-state index in [1.54, 1.807) is 43.3 Å². The molecule has 0 heterocycles. The molecule has 184 valence electrons. The molecule has 9 nitrogen and oxygen atoms in total. The smallest absolute Gasteiger partial charge is 0.269 e. The molecule has 0 saturated carbocycles. The Morgan fingerprint density at radius 1 is 0.829 bits per heavy atom. The van der Waals surface area contributed by atoms with Gasteiger partial charge in [0.25, 0.3) is 21.8 Å². The Hall–Kier alpha value is -4.05. The summed E-state index contributed by atoms with van der Waals surface area (Å²) >= 11 is 0. The van der Waals surface area contributed by atoms with Crippen LogP contribution in [0, 0.1) is 0 Å². The van der Waals surface area contributed by atoms with Gasteiger partial charge in [0.1, 0.15) is 0 Å². The van der Waals surface area contributed by atoms with Crippen LogP contribution >= 0.6 is 0 Å². The number of carbonyl (C=O) groups is 2. The number of sulfonamides is 1. The Bertz CT molecular complexity index is 1300. The molecule has 0 aromatic heterocycles. The van der Waals surface area contributed by atoms with Crippen LogP contribution in [0.1, 0.15) is 34.6 Å². The minimum absolute atomic E-state index is 0.0431. The lowest BCUT2D eigenvalue weighted by Crippen LogP contribution is -2.41. The van der Waals surface area contributed by atoms with Gasteiger partial charge in [-0.1, -0.05) is 24.3 Å². The van der Waals surface area contributed by atoms with Crippen LogP contribution < -0.4 is 24.6 Å². The summed E-state index contributed by atoms with van der Waals surface area (Å²) in [5.41, 5.74) is 5.46. The number of nitrogens with one attached hydrogen (secondary N) is 2. The van der Waals surface area contributed by atoms with Gasteiger partial charge in [-0.2, -0.15) is 0 Å². The molecule has 3 aromatic carbocycles. The van der Waals surface area contributed by atoms with Gasteiger partial charge in [-0.15, -0.1) is 0 Å². The molecular formula is C25H27N3O6S. The molecule has 0 unspecified atom stereocenters. The molecule has 2 amide bonds. The molecule has 0 radical (unpaired) electrons. The molecule has 0 atom stereocenters. The van der Waals surface area contributed by atoms with E-state index in [9.17, 15) is 18.0 Å². The van der Waals surface area contributed by atoms with Crippen LogP contribution in [-0.4, -0.2) is 40.5 Å². The number of nitrogens with zero attached hydrogens (tertiary/aromatic N) is 1. The van der Waals surface area contributed by atoms with E-state index < -0.39 is 21.8 Å². The van der Waals surface area contributed by atoms with Crippen molar-refractivity contribution in [1.82, 2.24) is 10.9 Å². The van der Waals surface area contributed by atoms with Crippen molar-refractivity contribution in [3.05, 3.63) is 83.9 Å². The quantitative estimate of drug-likeness (QED) is 0.438. The third kappa shape index (κ3) is 5.90. The predicted octanol–water partition coefficient (Wildman–Crippen LogP) is 3.38. The number of hydrazine groups is 1. The van der Waals surface area contributed by atoms with Crippen molar-refractivity contribution in [3.8, 4) is 11.5 Å². The molecule has 0 aliphatic carbocycles. The number of hydrogen-bond donors (Lipinski definition) is 2. The highest BCUT2D eigenvalue weighted by Gasteiger charge is 2.24. The van der Waals surface area contributed by atoms with Crippen molar-refractivity contribution in [2.45, 2.75) is 18.7 Å². The highest BCUT2D eigenvalue weighted by molar-refractivity contribution is 7.92. The Labute approximate surface area is 204 Å². The van der Waals surface area contributed by atoms with E-state index >= 15 is 0 Å². The van der Waals surface area contributed by atoms with Crippen molar-refractivity contribution >= 4 is 27.5 Å². The number of ether oxygens (including phenoxy) is 2. The zero-order chi connectivity index (χ0) is 25.4. The Morgan fingerprint density at radius 2 is 1.49 bits per heavy atom. The fourth-order valence-electron chi connectivity index (χ4n) is 3.35. The van der Waals surface area contributed by atoms with Crippen LogP contribution in [-0.2, 0) is 10.0 Å². The molecule has 0 aliphatic heterocycles. The third-order valence-electron chi connectivity index (χ3n) is 5.03. The van der Waals surface area contributed by atoms with Crippen LogP contribution in [0.3, 0.4) is 0 Å². The molecule has 2 N–H and O–H groups in total. The minimum atomic E-state index is -3.91. The van der Waals surface area contributed by atoms with Crippen LogP contribution in [0.15, 0.2) is 77.7 Å². The summed E-state index contributed by atoms with van der Waals surface area (Å²) in [6, 6.07) is 18.9. The van der Waals surface area contributed by atoms with E-state index in [1.807, 2.05) is 6.92 Å². The minimum Gasteiger partial charge on any atom is -0.493 e. The maximum absolute atomic E-state index is 13.2. The maximum Gasteiger partial charge on any atom is 0.269 e. The Morgan fingerprint density at radius 3 is 2.09 bits per heavy atom. The monoisotopic (exact) mass is 497 g/mol. The van der Waals surface area contributed by atoms with Crippen LogP contribution in [0.25, 0.3) is 0 Å². The molecule has 3 aromatic rings. The van der Waals surface area contributed by atoms with Crippen molar-refractivity contribution in [1.29, 1.82) is 0 Å². The first kappa shape index (κ1) is 25.6. The molecule has 35 heavy (non-hydrogen) atoms. The van der Waals surface area contributed by atoms with Crippen LogP contribution in [0.5, 0.6) is 11.5 Å². The largest absolute Gasteiger partial charge is 0.493 e. The highest BCUT2D eigenvalue weighted by Crippen LogP contribution is 2.28. The standard InChI is InChI=1S/C25H27N3O6S/c1-4-28(20-11-7-6-8-12-20)35(31,32)21-13-9-10-18(16-21)24(29)26-27-25(30)19-14-15-22(34-5-2)23(17-19)33-3/h6-17H,4-5H2,1-3H3,(H,26,29)(H,27,30). The molecule has 0 bridgehead atoms. The first-order valence-corrected chi connectivity index (χ1v) is 12.3. The molecule has 0 spiro atoms. The van der Waals surface area contributed by atoms with Crippen molar-refractivity contribution in [2.24, 2.45) is 0 Å². The number of anilines is 1. The van der Waals surface area contributed by atoms with Gasteiger partial charge in [0.05, 0.1) is 24.3 Å². The second kappa shape index (κ2) is 11.4. The van der Waals surface area contributed by atoms with Gasteiger partial charge in [0.15, 0.2) is 11.5 Å². The highest BCUT2D eigenvalue weighted by atomic mass is 32.2. The number of rotatable bonds is 9. The van der Waals surface area contributed by atoms with Gasteiger partial charge >= 0.3 is 0 Å². The summed E-state index contributed by atoms with van der Waals surface area (Å²) in [6.07, 6.45) is 0. The van der Waals surface area contributed by atoms with E-state index in [2.05, 4.69) is 10.9 Å². The van der Waals surface area contributed by atoms with E-state index in [4.69, 9.17) is 9.47 Å². The summed E-state index contributed by atoms with van der Waals surface area (Å²) in [5.74, 6) is -0.381. The summed E-state index contributed by atoms with van der Waals surface area (Å²) < 4.78 is 38.4. The first-order chi connectivity index (χ1) is 16.8. The number of carbonyl (C=O) groups excluding carboxylic acids is 2. The first-order valence-electron chi connectivity index (χ1n) is 10.9. The average Bonchev–Trinajstić information content (AvgIpc) is 2.88. The molecule has 0 saturated heterocycles. The number of hydrogen-bond acceptors (Lipinski definition) is 6. The van der Waals surface area contributed by atoms with E-state index in [1.165, 1.54) is 47.8 Å². The molecule has 3 rings (SSSR count). The molecule has 0 fully saturated rings. The second-order valence-electron chi connectivity index (χ2n) is 7.24. The van der Waals surface area contributed by atoms with Crippen molar-refractivity contribution in [3.63, 3.8) is 0 Å². The number of methoxy groups -OCH3 is 1. The number of para-hydroxylation sites is 1. The van der Waals surface area contributed by atoms with Gasteiger partial charge in [-0.05, 0) is 62.4 Å². The van der Waals surface area contributed by atoms with Gasteiger partial charge in [0.2, 0.25) is 0 Å². The maximum atomic E-state index is 13.2. The fourth-order valence-corrected chi connectivity index (χ4v) is 4.87. The van der Waals surface area contributed by atoms with Crippen molar-refractivity contribution in [2.75, 3.05) is 24.6 Å². The number of benzene rings is 3. The zero-order valence-electron chi connectivity index (χ0n) is 19.6. The summed E-state index contributed by atoms with van der Waals surface area (Å²) in [6.45, 7) is 4.21. The molecule has 10 heteroatoms. The molecule has 0 aliphatic rings. The van der Waals surface area contributed by atoms with Gasteiger partial charge in [0, 0.05) is 17.7 Å². The predicted molar refractivity (Wildman–Crippen MR) is 132 cm³/mol. The zero-order valence-corrected chi connectivity index (χ0v) is 20.5. The topological polar surface area (TPSA) is 114 Å². The summed E-state index contributed by atoms with van der Waals surface area (Å²) in [5, 5.41) is 0. The average molecular weight is 498 g/mol. The van der Waals surface area contributed by atoms with Crippen molar-refractivity contribution < 1.29 is 27.5 Å².